The van der Waals surface area contributed by atoms with Crippen molar-refractivity contribution in [2.45, 2.75) is 46.5 Å². The lowest BCUT2D eigenvalue weighted by atomic mass is 10.0. The fourth-order valence-electron chi connectivity index (χ4n) is 3.52. The minimum Gasteiger partial charge on any atom is -0.441 e. The normalized spacial score (nSPS) is 11.0. The zero-order valence-electron chi connectivity index (χ0n) is 19.8. The molecular weight excluding hydrogens is 428 g/mol. The van der Waals surface area contributed by atoms with Gasteiger partial charge in [-0.3, -0.25) is 4.79 Å². The van der Waals surface area contributed by atoms with Crippen molar-refractivity contribution in [3.63, 3.8) is 0 Å². The minimum absolute atomic E-state index is 0.138. The smallest absolute Gasteiger partial charge is 0.322 e. The number of nitrogens with zero attached hydrogens (tertiary/aromatic N) is 3. The van der Waals surface area contributed by atoms with E-state index in [4.69, 9.17) is 9.15 Å². The Balaban J connectivity index is 1.32. The molecule has 4 rings (SSSR count). The molecule has 2 heterocycles. The number of oxazole rings is 1. The molecule has 2 aromatic heterocycles. The number of hydrogen-bond donors (Lipinski definition) is 1. The van der Waals surface area contributed by atoms with Gasteiger partial charge in [0.2, 0.25) is 5.91 Å². The summed E-state index contributed by atoms with van der Waals surface area (Å²) in [6.07, 6.45) is 2.35. The summed E-state index contributed by atoms with van der Waals surface area (Å²) >= 11 is 0. The zero-order chi connectivity index (χ0) is 24.1. The van der Waals surface area contributed by atoms with E-state index in [0.29, 0.717) is 35.4 Å². The third-order valence-corrected chi connectivity index (χ3v) is 5.27. The van der Waals surface area contributed by atoms with Gasteiger partial charge in [0.15, 0.2) is 11.7 Å². The van der Waals surface area contributed by atoms with Crippen molar-refractivity contribution in [2.75, 3.05) is 5.32 Å². The number of amides is 1. The Morgan fingerprint density at radius 2 is 1.76 bits per heavy atom. The molecule has 34 heavy (non-hydrogen) atoms. The molecule has 1 amide bonds. The summed E-state index contributed by atoms with van der Waals surface area (Å²) in [6, 6.07) is 17.5. The molecule has 0 saturated carbocycles. The van der Waals surface area contributed by atoms with Crippen LogP contribution >= 0.6 is 0 Å². The second kappa shape index (κ2) is 10.3. The van der Waals surface area contributed by atoms with Crippen LogP contribution in [0.2, 0.25) is 0 Å². The van der Waals surface area contributed by atoms with Gasteiger partial charge < -0.3 is 14.5 Å². The Bertz CT molecular complexity index is 1260. The van der Waals surface area contributed by atoms with Crippen LogP contribution in [0.5, 0.6) is 11.8 Å². The van der Waals surface area contributed by atoms with Crippen LogP contribution in [0.3, 0.4) is 0 Å². The summed E-state index contributed by atoms with van der Waals surface area (Å²) in [4.78, 5) is 25.4. The highest BCUT2D eigenvalue weighted by molar-refractivity contribution is 5.91. The molecule has 174 valence electrons. The van der Waals surface area contributed by atoms with Crippen molar-refractivity contribution < 1.29 is 13.9 Å². The molecule has 0 aliphatic rings. The maximum Gasteiger partial charge on any atom is 0.322 e. The van der Waals surface area contributed by atoms with Gasteiger partial charge in [-0.05, 0) is 43.5 Å². The van der Waals surface area contributed by atoms with Crippen molar-refractivity contribution >= 4 is 11.6 Å². The highest BCUT2D eigenvalue weighted by Gasteiger charge is 2.11. The van der Waals surface area contributed by atoms with E-state index in [9.17, 15) is 4.79 Å². The Kier molecular flexibility index (Phi) is 7.01. The highest BCUT2D eigenvalue weighted by Crippen LogP contribution is 2.25. The number of carbonyl (C=O) groups is 1. The Hall–Kier alpha value is -4.00. The van der Waals surface area contributed by atoms with E-state index < -0.39 is 0 Å². The fraction of sp³-hybridized carbons (Fsp3) is 0.259. The average Bonchev–Trinajstić information content (AvgIpc) is 3.26. The second-order valence-corrected chi connectivity index (χ2v) is 8.51. The summed E-state index contributed by atoms with van der Waals surface area (Å²) in [7, 11) is 0. The SMILES string of the molecule is Cc1cc(C)nc(Oc2cccc(NC(=O)CCc3ncc(-c4ccc(C(C)C)cc4)o3)c2)n1. The van der Waals surface area contributed by atoms with E-state index in [1.807, 2.05) is 32.0 Å². The van der Waals surface area contributed by atoms with Gasteiger partial charge in [-0.15, -0.1) is 0 Å². The lowest BCUT2D eigenvalue weighted by Crippen LogP contribution is -2.12. The maximum atomic E-state index is 12.5. The van der Waals surface area contributed by atoms with Gasteiger partial charge in [-0.25, -0.2) is 15.0 Å². The molecule has 0 saturated heterocycles. The van der Waals surface area contributed by atoms with Crippen molar-refractivity contribution in [1.29, 1.82) is 0 Å². The molecule has 2 aromatic carbocycles. The summed E-state index contributed by atoms with van der Waals surface area (Å²) in [5.74, 6) is 2.11. The molecule has 0 bridgehead atoms. The van der Waals surface area contributed by atoms with Crippen LogP contribution in [0.4, 0.5) is 5.69 Å². The third kappa shape index (κ3) is 6.07. The van der Waals surface area contributed by atoms with Crippen molar-refractivity contribution in [2.24, 2.45) is 0 Å². The molecule has 0 spiro atoms. The number of aromatic nitrogens is 3. The number of carbonyl (C=O) groups excluding carboxylic acids is 1. The van der Waals surface area contributed by atoms with E-state index in [2.05, 4.69) is 46.2 Å². The lowest BCUT2D eigenvalue weighted by Gasteiger charge is -2.08. The topological polar surface area (TPSA) is 90.1 Å². The maximum absolute atomic E-state index is 12.5. The van der Waals surface area contributed by atoms with Crippen molar-refractivity contribution in [3.05, 3.63) is 83.6 Å². The highest BCUT2D eigenvalue weighted by atomic mass is 16.5. The van der Waals surface area contributed by atoms with Crippen LogP contribution in [0.1, 0.15) is 49.0 Å². The van der Waals surface area contributed by atoms with Gasteiger partial charge in [-0.1, -0.05) is 44.2 Å². The molecule has 0 radical (unpaired) electrons. The molecule has 0 atom stereocenters. The number of hydrogen-bond acceptors (Lipinski definition) is 6. The molecule has 7 nitrogen and oxygen atoms in total. The molecule has 0 aliphatic heterocycles. The van der Waals surface area contributed by atoms with E-state index in [0.717, 1.165) is 17.0 Å². The first-order valence-corrected chi connectivity index (χ1v) is 11.3. The molecule has 0 aliphatic carbocycles. The molecule has 7 heteroatoms. The number of aryl methyl sites for hydroxylation is 3. The Morgan fingerprint density at radius 1 is 1.03 bits per heavy atom. The zero-order valence-corrected chi connectivity index (χ0v) is 19.8. The summed E-state index contributed by atoms with van der Waals surface area (Å²) in [5.41, 5.74) is 4.53. The van der Waals surface area contributed by atoms with Gasteiger partial charge in [0.1, 0.15) is 5.75 Å². The predicted molar refractivity (Wildman–Crippen MR) is 131 cm³/mol. The van der Waals surface area contributed by atoms with Crippen LogP contribution < -0.4 is 10.1 Å². The summed E-state index contributed by atoms with van der Waals surface area (Å²) < 4.78 is 11.6. The van der Waals surface area contributed by atoms with Crippen LogP contribution in [-0.2, 0) is 11.2 Å². The van der Waals surface area contributed by atoms with Gasteiger partial charge >= 0.3 is 6.01 Å². The third-order valence-electron chi connectivity index (χ3n) is 5.27. The predicted octanol–water partition coefficient (Wildman–Crippen LogP) is 6.24. The number of anilines is 1. The molecular formula is C27H28N4O3. The van der Waals surface area contributed by atoms with E-state index in [1.54, 1.807) is 30.5 Å². The van der Waals surface area contributed by atoms with Gasteiger partial charge in [0.05, 0.1) is 6.20 Å². The number of nitrogens with one attached hydrogen (secondary N) is 1. The van der Waals surface area contributed by atoms with Crippen molar-refractivity contribution in [1.82, 2.24) is 15.0 Å². The van der Waals surface area contributed by atoms with Gasteiger partial charge in [-0.2, -0.15) is 0 Å². The molecule has 4 aromatic rings. The first kappa shape index (κ1) is 23.2. The lowest BCUT2D eigenvalue weighted by molar-refractivity contribution is -0.116. The van der Waals surface area contributed by atoms with E-state index in [-0.39, 0.29) is 18.3 Å². The standard InChI is InChI=1S/C27H28N4O3/c1-17(2)20-8-10-21(11-9-20)24-16-28-26(34-24)13-12-25(32)31-22-6-5-7-23(15-22)33-27-29-18(3)14-19(4)30-27/h5-11,14-17H,12-13H2,1-4H3,(H,31,32). The average molecular weight is 457 g/mol. The Morgan fingerprint density at radius 3 is 2.47 bits per heavy atom. The fourth-order valence-corrected chi connectivity index (χ4v) is 3.52. The van der Waals surface area contributed by atoms with Crippen LogP contribution in [0.25, 0.3) is 11.3 Å². The first-order valence-electron chi connectivity index (χ1n) is 11.3. The van der Waals surface area contributed by atoms with E-state index in [1.165, 1.54) is 5.56 Å². The monoisotopic (exact) mass is 456 g/mol. The largest absolute Gasteiger partial charge is 0.441 e. The molecule has 0 unspecified atom stereocenters. The second-order valence-electron chi connectivity index (χ2n) is 8.51. The van der Waals surface area contributed by atoms with E-state index >= 15 is 0 Å². The number of rotatable bonds is 8. The Labute approximate surface area is 199 Å². The van der Waals surface area contributed by atoms with Crippen LogP contribution in [0, 0.1) is 13.8 Å². The van der Waals surface area contributed by atoms with Gasteiger partial charge in [0.25, 0.3) is 0 Å². The molecule has 1 N–H and O–H groups in total. The van der Waals surface area contributed by atoms with Crippen molar-refractivity contribution in [3.8, 4) is 23.1 Å². The van der Waals surface area contributed by atoms with Crippen LogP contribution in [0.15, 0.2) is 65.2 Å². The van der Waals surface area contributed by atoms with Gasteiger partial charge in [0, 0.05) is 41.5 Å². The summed E-state index contributed by atoms with van der Waals surface area (Å²) in [5, 5.41) is 2.89. The number of benzene rings is 2. The minimum atomic E-state index is -0.138. The summed E-state index contributed by atoms with van der Waals surface area (Å²) in [6.45, 7) is 8.10. The number of ether oxygens (including phenoxy) is 1. The first-order chi connectivity index (χ1) is 16.4. The van der Waals surface area contributed by atoms with Crippen LogP contribution in [-0.4, -0.2) is 20.9 Å². The quantitative estimate of drug-likeness (QED) is 0.338. The molecule has 0 fully saturated rings.